The van der Waals surface area contributed by atoms with Crippen LogP contribution in [0.1, 0.15) is 11.1 Å². The largest absolute Gasteiger partial charge is 0.497 e. The monoisotopic (exact) mass is 353 g/mol. The molecule has 132 valence electrons. The van der Waals surface area contributed by atoms with Crippen molar-refractivity contribution in [2.45, 2.75) is 0 Å². The molecule has 0 spiro atoms. The minimum Gasteiger partial charge on any atom is -0.497 e. The Kier molecular flexibility index (Phi) is 4.70. The molecule has 0 aliphatic carbocycles. The van der Waals surface area contributed by atoms with E-state index >= 15 is 0 Å². The van der Waals surface area contributed by atoms with Gasteiger partial charge in [0.05, 0.1) is 30.3 Å². The van der Waals surface area contributed by atoms with Gasteiger partial charge in [-0.1, -0.05) is 12.1 Å². The van der Waals surface area contributed by atoms with Crippen molar-refractivity contribution >= 4 is 23.5 Å². The maximum absolute atomic E-state index is 12.2. The molecule has 0 aromatic heterocycles. The van der Waals surface area contributed by atoms with E-state index in [1.165, 1.54) is 19.2 Å². The van der Waals surface area contributed by atoms with Crippen LogP contribution in [0.25, 0.3) is 11.8 Å². The first-order chi connectivity index (χ1) is 12.5. The lowest BCUT2D eigenvalue weighted by Gasteiger charge is -2.10. The van der Waals surface area contributed by atoms with Gasteiger partial charge in [-0.2, -0.15) is 0 Å². The van der Waals surface area contributed by atoms with Crippen LogP contribution < -0.4 is 9.47 Å². The molecular formula is C19H15NO6. The quantitative estimate of drug-likeness (QED) is 0.353. The van der Waals surface area contributed by atoms with Crippen molar-refractivity contribution in [3.8, 4) is 11.5 Å². The number of carbonyl (C=O) groups is 1. The van der Waals surface area contributed by atoms with E-state index in [1.807, 2.05) is 0 Å². The number of nitro groups is 1. The Hall–Kier alpha value is -3.61. The van der Waals surface area contributed by atoms with Crippen molar-refractivity contribution in [2.75, 3.05) is 14.2 Å². The molecule has 2 aromatic rings. The number of cyclic esters (lactones) is 1. The Morgan fingerprint density at radius 3 is 2.62 bits per heavy atom. The zero-order valence-corrected chi connectivity index (χ0v) is 14.1. The number of rotatable bonds is 5. The standard InChI is InChI=1S/C19H15NO6/c1-24-15-6-7-16(17(11-15)25-2)18-10-13(19(21)26-18)8-12-4-3-5-14(9-12)20(22)23/h3-11H,1-2H3. The fraction of sp³-hybridized carbons (Fsp3) is 0.105. The summed E-state index contributed by atoms with van der Waals surface area (Å²) in [5.41, 5.74) is 1.37. The van der Waals surface area contributed by atoms with Crippen LogP contribution in [0.5, 0.6) is 11.5 Å². The van der Waals surface area contributed by atoms with E-state index in [4.69, 9.17) is 14.2 Å². The number of hydrogen-bond acceptors (Lipinski definition) is 6. The van der Waals surface area contributed by atoms with Gasteiger partial charge in [0.2, 0.25) is 0 Å². The fourth-order valence-corrected chi connectivity index (χ4v) is 2.53. The molecule has 0 atom stereocenters. The number of nitrogens with zero attached hydrogens (tertiary/aromatic N) is 1. The topological polar surface area (TPSA) is 87.9 Å². The van der Waals surface area contributed by atoms with Crippen LogP contribution in [0.15, 0.2) is 54.1 Å². The molecule has 7 heteroatoms. The van der Waals surface area contributed by atoms with Crippen molar-refractivity contribution < 1.29 is 23.9 Å². The Bertz CT molecular complexity index is 945. The van der Waals surface area contributed by atoms with E-state index in [0.29, 0.717) is 34.0 Å². The van der Waals surface area contributed by atoms with Crippen molar-refractivity contribution in [3.63, 3.8) is 0 Å². The minimum absolute atomic E-state index is 0.0493. The Morgan fingerprint density at radius 1 is 1.12 bits per heavy atom. The molecule has 0 radical (unpaired) electrons. The van der Waals surface area contributed by atoms with Crippen molar-refractivity contribution in [2.24, 2.45) is 0 Å². The average molecular weight is 353 g/mol. The summed E-state index contributed by atoms with van der Waals surface area (Å²) in [6.45, 7) is 0. The van der Waals surface area contributed by atoms with Crippen LogP contribution in [-0.4, -0.2) is 25.1 Å². The zero-order chi connectivity index (χ0) is 18.7. The molecule has 0 amide bonds. The van der Waals surface area contributed by atoms with E-state index in [-0.39, 0.29) is 5.69 Å². The second-order valence-electron chi connectivity index (χ2n) is 5.42. The highest BCUT2D eigenvalue weighted by atomic mass is 16.6. The van der Waals surface area contributed by atoms with E-state index in [2.05, 4.69) is 0 Å². The maximum Gasteiger partial charge on any atom is 0.343 e. The van der Waals surface area contributed by atoms with Crippen LogP contribution >= 0.6 is 0 Å². The molecule has 0 bridgehead atoms. The summed E-state index contributed by atoms with van der Waals surface area (Å²) in [7, 11) is 3.05. The van der Waals surface area contributed by atoms with Gasteiger partial charge in [-0.25, -0.2) is 4.79 Å². The van der Waals surface area contributed by atoms with Gasteiger partial charge in [0.15, 0.2) is 0 Å². The molecule has 7 nitrogen and oxygen atoms in total. The fourth-order valence-electron chi connectivity index (χ4n) is 2.53. The molecule has 0 unspecified atom stereocenters. The number of non-ortho nitro benzene ring substituents is 1. The highest BCUT2D eigenvalue weighted by Gasteiger charge is 2.24. The molecule has 0 saturated carbocycles. The molecule has 0 saturated heterocycles. The zero-order valence-electron chi connectivity index (χ0n) is 14.1. The molecule has 0 N–H and O–H groups in total. The number of benzene rings is 2. The van der Waals surface area contributed by atoms with Crippen LogP contribution in [0.2, 0.25) is 0 Å². The second kappa shape index (κ2) is 7.10. The summed E-state index contributed by atoms with van der Waals surface area (Å²) in [4.78, 5) is 22.5. The van der Waals surface area contributed by atoms with Crippen molar-refractivity contribution in [3.05, 3.63) is 75.4 Å². The van der Waals surface area contributed by atoms with Gasteiger partial charge in [0.1, 0.15) is 17.3 Å². The summed E-state index contributed by atoms with van der Waals surface area (Å²) >= 11 is 0. The summed E-state index contributed by atoms with van der Waals surface area (Å²) in [6, 6.07) is 11.2. The van der Waals surface area contributed by atoms with E-state index in [1.54, 1.807) is 49.6 Å². The normalized spacial score (nSPS) is 14.8. The van der Waals surface area contributed by atoms with Gasteiger partial charge in [0.25, 0.3) is 5.69 Å². The van der Waals surface area contributed by atoms with E-state index in [9.17, 15) is 14.9 Å². The van der Waals surface area contributed by atoms with Crippen LogP contribution in [-0.2, 0) is 9.53 Å². The Labute approximate surface area is 149 Å². The lowest BCUT2D eigenvalue weighted by Crippen LogP contribution is -1.98. The summed E-state index contributed by atoms with van der Waals surface area (Å²) in [6.07, 6.45) is 3.11. The highest BCUT2D eigenvalue weighted by molar-refractivity contribution is 6.05. The first-order valence-electron chi connectivity index (χ1n) is 7.64. The number of carbonyl (C=O) groups excluding carboxylic acids is 1. The van der Waals surface area contributed by atoms with Gasteiger partial charge in [-0.05, 0) is 29.8 Å². The molecule has 3 rings (SSSR count). The lowest BCUT2D eigenvalue weighted by atomic mass is 10.1. The predicted octanol–water partition coefficient (Wildman–Crippen LogP) is 3.59. The third-order valence-corrected chi connectivity index (χ3v) is 3.80. The molecule has 1 aliphatic rings. The first-order valence-corrected chi connectivity index (χ1v) is 7.64. The minimum atomic E-state index is -0.538. The highest BCUT2D eigenvalue weighted by Crippen LogP contribution is 2.35. The van der Waals surface area contributed by atoms with Crippen molar-refractivity contribution in [1.82, 2.24) is 0 Å². The lowest BCUT2D eigenvalue weighted by molar-refractivity contribution is -0.384. The number of nitro benzene ring substituents is 1. The third kappa shape index (κ3) is 3.41. The van der Waals surface area contributed by atoms with E-state index < -0.39 is 10.9 Å². The molecular weight excluding hydrogens is 338 g/mol. The maximum atomic E-state index is 12.2. The first kappa shape index (κ1) is 17.2. The average Bonchev–Trinajstić information content (AvgIpc) is 3.01. The molecule has 1 heterocycles. The number of hydrogen-bond donors (Lipinski definition) is 0. The summed E-state index contributed by atoms with van der Waals surface area (Å²) in [5, 5.41) is 10.9. The second-order valence-corrected chi connectivity index (χ2v) is 5.42. The summed E-state index contributed by atoms with van der Waals surface area (Å²) < 4.78 is 15.8. The van der Waals surface area contributed by atoms with Gasteiger partial charge < -0.3 is 14.2 Å². The molecule has 26 heavy (non-hydrogen) atoms. The summed E-state index contributed by atoms with van der Waals surface area (Å²) in [5.74, 6) is 0.915. The molecule has 0 fully saturated rings. The van der Waals surface area contributed by atoms with Gasteiger partial charge in [-0.15, -0.1) is 0 Å². The number of methoxy groups -OCH3 is 2. The van der Waals surface area contributed by atoms with Crippen molar-refractivity contribution in [1.29, 1.82) is 0 Å². The van der Waals surface area contributed by atoms with Crippen LogP contribution in [0.4, 0.5) is 5.69 Å². The van der Waals surface area contributed by atoms with Gasteiger partial charge in [0, 0.05) is 18.2 Å². The SMILES string of the molecule is COc1ccc(C2=CC(=Cc3cccc([N+](=O)[O-])c3)C(=O)O2)c(OC)c1. The smallest absolute Gasteiger partial charge is 0.343 e. The Morgan fingerprint density at radius 2 is 1.92 bits per heavy atom. The number of esters is 1. The Balaban J connectivity index is 1.97. The van der Waals surface area contributed by atoms with Crippen LogP contribution in [0, 0.1) is 10.1 Å². The van der Waals surface area contributed by atoms with E-state index in [0.717, 1.165) is 0 Å². The third-order valence-electron chi connectivity index (χ3n) is 3.80. The number of ether oxygens (including phenoxy) is 3. The van der Waals surface area contributed by atoms with Crippen LogP contribution in [0.3, 0.4) is 0 Å². The predicted molar refractivity (Wildman–Crippen MR) is 94.7 cm³/mol. The van der Waals surface area contributed by atoms with Gasteiger partial charge in [-0.3, -0.25) is 10.1 Å². The molecule has 2 aromatic carbocycles. The molecule has 1 aliphatic heterocycles. The van der Waals surface area contributed by atoms with Gasteiger partial charge >= 0.3 is 5.97 Å².